The maximum Gasteiger partial charge on any atom is 0.257 e. The van der Waals surface area contributed by atoms with Gasteiger partial charge in [-0.3, -0.25) is 4.79 Å². The number of nitrogens with two attached hydrogens (primary N) is 1. The second-order valence-electron chi connectivity index (χ2n) is 4.70. The molecule has 1 amide bonds. The molecule has 0 aromatic heterocycles. The van der Waals surface area contributed by atoms with E-state index in [2.05, 4.69) is 0 Å². The molecule has 4 nitrogen and oxygen atoms in total. The second-order valence-corrected chi connectivity index (χ2v) is 4.70. The maximum atomic E-state index is 13.8. The van der Waals surface area contributed by atoms with Gasteiger partial charge < -0.3 is 15.4 Å². The highest BCUT2D eigenvalue weighted by molar-refractivity contribution is 5.95. The lowest BCUT2D eigenvalue weighted by Gasteiger charge is -2.30. The van der Waals surface area contributed by atoms with Crippen LogP contribution in [0.15, 0.2) is 18.2 Å². The number of amides is 1. The van der Waals surface area contributed by atoms with Crippen LogP contribution in [0.3, 0.4) is 0 Å². The Labute approximate surface area is 119 Å². The largest absolute Gasteiger partial charge is 0.399 e. The molecule has 20 heavy (non-hydrogen) atoms. The number of nitrogens with zero attached hydrogens (tertiary/aromatic N) is 1. The Morgan fingerprint density at radius 1 is 1.40 bits per heavy atom. The van der Waals surface area contributed by atoms with Crippen molar-refractivity contribution in [2.75, 3.05) is 26.0 Å². The number of hydrogen-bond donors (Lipinski definition) is 1. The van der Waals surface area contributed by atoms with Crippen LogP contribution < -0.4 is 5.73 Å². The lowest BCUT2D eigenvalue weighted by atomic mass is 10.1. The minimum atomic E-state index is -0.544. The molecule has 0 saturated carbocycles. The van der Waals surface area contributed by atoms with Crippen LogP contribution in [0.5, 0.6) is 0 Å². The molecule has 2 N–H and O–H groups in total. The molecule has 0 aliphatic heterocycles. The van der Waals surface area contributed by atoms with Gasteiger partial charge in [-0.1, -0.05) is 13.8 Å². The Morgan fingerprint density at radius 2 is 2.05 bits per heavy atom. The van der Waals surface area contributed by atoms with E-state index in [1.165, 1.54) is 18.2 Å². The minimum absolute atomic E-state index is 0.0213. The molecule has 0 saturated heterocycles. The molecule has 0 spiro atoms. The Bertz CT molecular complexity index is 447. The fourth-order valence-electron chi connectivity index (χ4n) is 2.23. The molecular weight excluding hydrogens is 259 g/mol. The van der Waals surface area contributed by atoms with E-state index < -0.39 is 5.82 Å². The number of halogens is 1. The first-order valence-electron chi connectivity index (χ1n) is 6.90. The molecule has 1 rings (SSSR count). The van der Waals surface area contributed by atoms with E-state index in [1.54, 1.807) is 12.0 Å². The van der Waals surface area contributed by atoms with Crippen LogP contribution in [0.25, 0.3) is 0 Å². The van der Waals surface area contributed by atoms with E-state index in [0.29, 0.717) is 18.8 Å². The average molecular weight is 282 g/mol. The molecule has 1 aromatic carbocycles. The number of anilines is 1. The van der Waals surface area contributed by atoms with E-state index in [4.69, 9.17) is 10.5 Å². The van der Waals surface area contributed by atoms with Gasteiger partial charge in [-0.15, -0.1) is 0 Å². The molecule has 0 aliphatic carbocycles. The van der Waals surface area contributed by atoms with E-state index in [9.17, 15) is 9.18 Å². The van der Waals surface area contributed by atoms with Crippen LogP contribution in [0.1, 0.15) is 37.0 Å². The summed E-state index contributed by atoms with van der Waals surface area (Å²) in [6, 6.07) is 4.13. The molecule has 0 bridgehead atoms. The summed E-state index contributed by atoms with van der Waals surface area (Å²) in [5, 5.41) is 0. The van der Waals surface area contributed by atoms with E-state index in [0.717, 1.165) is 12.8 Å². The van der Waals surface area contributed by atoms with Crippen LogP contribution in [0.2, 0.25) is 0 Å². The van der Waals surface area contributed by atoms with Crippen molar-refractivity contribution in [1.29, 1.82) is 0 Å². The predicted molar refractivity (Wildman–Crippen MR) is 78.1 cm³/mol. The highest BCUT2D eigenvalue weighted by Crippen LogP contribution is 2.18. The fraction of sp³-hybridized carbons (Fsp3) is 0.533. The number of rotatable bonds is 7. The summed E-state index contributed by atoms with van der Waals surface area (Å²) >= 11 is 0. The van der Waals surface area contributed by atoms with E-state index >= 15 is 0 Å². The van der Waals surface area contributed by atoms with Crippen LogP contribution in [0, 0.1) is 5.82 Å². The third-order valence-electron chi connectivity index (χ3n) is 3.40. The Hall–Kier alpha value is -1.62. The third-order valence-corrected chi connectivity index (χ3v) is 3.40. The molecule has 0 aliphatic rings. The first kappa shape index (κ1) is 16.4. The lowest BCUT2D eigenvalue weighted by Crippen LogP contribution is -2.42. The van der Waals surface area contributed by atoms with Crippen LogP contribution in [-0.2, 0) is 4.74 Å². The summed E-state index contributed by atoms with van der Waals surface area (Å²) in [7, 11) is 1.58. The smallest absolute Gasteiger partial charge is 0.257 e. The normalized spacial score (nSPS) is 10.8. The summed E-state index contributed by atoms with van der Waals surface area (Å²) in [5.41, 5.74) is 6.05. The van der Waals surface area contributed by atoms with Crippen molar-refractivity contribution in [1.82, 2.24) is 4.90 Å². The van der Waals surface area contributed by atoms with Gasteiger partial charge >= 0.3 is 0 Å². The first-order valence-corrected chi connectivity index (χ1v) is 6.90. The lowest BCUT2D eigenvalue weighted by molar-refractivity contribution is 0.0585. The summed E-state index contributed by atoms with van der Waals surface area (Å²) in [6.45, 7) is 4.88. The highest BCUT2D eigenvalue weighted by Gasteiger charge is 2.24. The standard InChI is InChI=1S/C15H23FN2O2/c1-4-12(5-2)18(8-9-20-3)15(19)13-10-11(17)6-7-14(13)16/h6-7,10,12H,4-5,8-9,17H2,1-3H3. The van der Waals surface area contributed by atoms with Gasteiger partial charge in [0.2, 0.25) is 0 Å². The molecule has 5 heteroatoms. The van der Waals surface area contributed by atoms with Gasteiger partial charge in [0.1, 0.15) is 5.82 Å². The minimum Gasteiger partial charge on any atom is -0.399 e. The molecule has 0 unspecified atom stereocenters. The topological polar surface area (TPSA) is 55.6 Å². The SMILES string of the molecule is CCC(CC)N(CCOC)C(=O)c1cc(N)ccc1F. The van der Waals surface area contributed by atoms with Crippen molar-refractivity contribution >= 4 is 11.6 Å². The number of methoxy groups -OCH3 is 1. The Balaban J connectivity index is 3.05. The van der Waals surface area contributed by atoms with Gasteiger partial charge in [0, 0.05) is 25.4 Å². The van der Waals surface area contributed by atoms with Crippen molar-refractivity contribution in [3.8, 4) is 0 Å². The van der Waals surface area contributed by atoms with Crippen molar-refractivity contribution in [2.24, 2.45) is 0 Å². The van der Waals surface area contributed by atoms with Gasteiger partial charge in [0.15, 0.2) is 0 Å². The van der Waals surface area contributed by atoms with Crippen molar-refractivity contribution in [2.45, 2.75) is 32.7 Å². The van der Waals surface area contributed by atoms with Crippen molar-refractivity contribution < 1.29 is 13.9 Å². The van der Waals surface area contributed by atoms with Crippen LogP contribution in [-0.4, -0.2) is 37.1 Å². The zero-order chi connectivity index (χ0) is 15.1. The maximum absolute atomic E-state index is 13.8. The highest BCUT2D eigenvalue weighted by atomic mass is 19.1. The Kier molecular flexibility index (Phi) is 6.45. The fourth-order valence-corrected chi connectivity index (χ4v) is 2.23. The third kappa shape index (κ3) is 3.93. The summed E-state index contributed by atoms with van der Waals surface area (Å²) in [5.74, 6) is -0.877. The molecule has 112 valence electrons. The molecular formula is C15H23FN2O2. The summed E-state index contributed by atoms with van der Waals surface area (Å²) in [4.78, 5) is 14.2. The zero-order valence-corrected chi connectivity index (χ0v) is 12.4. The monoisotopic (exact) mass is 282 g/mol. The summed E-state index contributed by atoms with van der Waals surface area (Å²) in [6.07, 6.45) is 1.63. The van der Waals surface area contributed by atoms with Crippen LogP contribution in [0.4, 0.5) is 10.1 Å². The predicted octanol–water partition coefficient (Wildman–Crippen LogP) is 2.69. The number of ether oxygens (including phenoxy) is 1. The van der Waals surface area contributed by atoms with Gasteiger partial charge in [0.05, 0.1) is 12.2 Å². The number of nitrogen functional groups attached to an aromatic ring is 1. The zero-order valence-electron chi connectivity index (χ0n) is 12.4. The van der Waals surface area contributed by atoms with Gasteiger partial charge in [0.25, 0.3) is 5.91 Å². The second kappa shape index (κ2) is 7.85. The Morgan fingerprint density at radius 3 is 2.60 bits per heavy atom. The molecule has 0 heterocycles. The number of hydrogen-bond acceptors (Lipinski definition) is 3. The number of benzene rings is 1. The first-order chi connectivity index (χ1) is 9.54. The molecule has 1 aromatic rings. The molecule has 0 atom stereocenters. The van der Waals surface area contributed by atoms with Gasteiger partial charge in [-0.25, -0.2) is 4.39 Å². The van der Waals surface area contributed by atoms with Crippen molar-refractivity contribution in [3.05, 3.63) is 29.6 Å². The molecule has 0 fully saturated rings. The van der Waals surface area contributed by atoms with E-state index in [-0.39, 0.29) is 17.5 Å². The van der Waals surface area contributed by atoms with Gasteiger partial charge in [-0.05, 0) is 31.0 Å². The van der Waals surface area contributed by atoms with Gasteiger partial charge in [-0.2, -0.15) is 0 Å². The quantitative estimate of drug-likeness (QED) is 0.782. The summed E-state index contributed by atoms with van der Waals surface area (Å²) < 4.78 is 18.9. The van der Waals surface area contributed by atoms with Crippen LogP contribution >= 0.6 is 0 Å². The number of carbonyl (C=O) groups excluding carboxylic acids is 1. The van der Waals surface area contributed by atoms with Crippen molar-refractivity contribution in [3.63, 3.8) is 0 Å². The average Bonchev–Trinajstić information content (AvgIpc) is 2.45. The molecule has 0 radical (unpaired) electrons. The number of carbonyl (C=O) groups is 1. The van der Waals surface area contributed by atoms with E-state index in [1.807, 2.05) is 13.8 Å².